The zero-order valence-corrected chi connectivity index (χ0v) is 20.8. The number of hydrogen-bond acceptors (Lipinski definition) is 5. The normalized spacial score (nSPS) is 25.9. The molecule has 35 heavy (non-hydrogen) atoms. The van der Waals surface area contributed by atoms with E-state index in [2.05, 4.69) is 34.5 Å². The van der Waals surface area contributed by atoms with Crippen LogP contribution in [0.2, 0.25) is 0 Å². The van der Waals surface area contributed by atoms with Crippen molar-refractivity contribution in [3.05, 3.63) is 66.0 Å². The summed E-state index contributed by atoms with van der Waals surface area (Å²) in [7, 11) is 0. The molecule has 1 heterocycles. The van der Waals surface area contributed by atoms with Crippen molar-refractivity contribution >= 4 is 6.09 Å². The number of aliphatic hydroxyl groups excluding tert-OH is 1. The van der Waals surface area contributed by atoms with Crippen molar-refractivity contribution in [2.24, 2.45) is 5.92 Å². The summed E-state index contributed by atoms with van der Waals surface area (Å²) in [5.41, 5.74) is 0.726. The third-order valence-electron chi connectivity index (χ3n) is 6.85. The SMILES string of the molecule is CC(C)(C)OC(=O)N[C@@H]1C[C@@H](Oc2cccc(F)c2)[C@H](O)[C@H]1N1CCC(Cc2ccccc2)CC1. The van der Waals surface area contributed by atoms with Gasteiger partial charge in [0.15, 0.2) is 0 Å². The minimum atomic E-state index is -0.830. The van der Waals surface area contributed by atoms with Crippen molar-refractivity contribution in [3.63, 3.8) is 0 Å². The summed E-state index contributed by atoms with van der Waals surface area (Å²) >= 11 is 0. The molecule has 7 heteroatoms. The van der Waals surface area contributed by atoms with Crippen molar-refractivity contribution in [1.29, 1.82) is 0 Å². The van der Waals surface area contributed by atoms with Crippen LogP contribution in [0.25, 0.3) is 0 Å². The molecule has 2 aromatic carbocycles. The maximum absolute atomic E-state index is 13.7. The molecule has 0 bridgehead atoms. The first-order chi connectivity index (χ1) is 16.7. The molecular formula is C28H37FN2O4. The van der Waals surface area contributed by atoms with Gasteiger partial charge in [-0.25, -0.2) is 9.18 Å². The lowest BCUT2D eigenvalue weighted by atomic mass is 9.89. The number of carbonyl (C=O) groups is 1. The molecule has 1 aliphatic heterocycles. The van der Waals surface area contributed by atoms with E-state index < -0.39 is 29.7 Å². The Balaban J connectivity index is 1.44. The largest absolute Gasteiger partial charge is 0.487 e. The molecule has 6 nitrogen and oxygen atoms in total. The Bertz CT molecular complexity index is 972. The van der Waals surface area contributed by atoms with Crippen LogP contribution in [0.3, 0.4) is 0 Å². The Kier molecular flexibility index (Phi) is 7.97. The third-order valence-corrected chi connectivity index (χ3v) is 6.85. The van der Waals surface area contributed by atoms with E-state index in [4.69, 9.17) is 9.47 Å². The lowest BCUT2D eigenvalue weighted by molar-refractivity contribution is -0.00498. The molecule has 4 atom stereocenters. The molecule has 190 valence electrons. The second-order valence-electron chi connectivity index (χ2n) is 10.8. The number of hydrogen-bond donors (Lipinski definition) is 2. The smallest absolute Gasteiger partial charge is 0.407 e. The molecule has 1 aliphatic carbocycles. The van der Waals surface area contributed by atoms with Gasteiger partial charge in [0.05, 0.1) is 12.1 Å². The molecule has 2 fully saturated rings. The number of likely N-dealkylation sites (tertiary alicyclic amines) is 1. The van der Waals surface area contributed by atoms with Crippen LogP contribution >= 0.6 is 0 Å². The average molecular weight is 485 g/mol. The first-order valence-corrected chi connectivity index (χ1v) is 12.6. The number of nitrogens with zero attached hydrogens (tertiary/aromatic N) is 1. The van der Waals surface area contributed by atoms with Gasteiger partial charge in [0.1, 0.15) is 29.4 Å². The highest BCUT2D eigenvalue weighted by Crippen LogP contribution is 2.33. The number of nitrogens with one attached hydrogen (secondary N) is 1. The van der Waals surface area contributed by atoms with Crippen LogP contribution in [-0.2, 0) is 11.2 Å². The van der Waals surface area contributed by atoms with Crippen LogP contribution in [0.4, 0.5) is 9.18 Å². The fraction of sp³-hybridized carbons (Fsp3) is 0.536. The van der Waals surface area contributed by atoms with Crippen LogP contribution in [-0.4, -0.2) is 59.1 Å². The summed E-state index contributed by atoms with van der Waals surface area (Å²) in [5, 5.41) is 14.3. The maximum Gasteiger partial charge on any atom is 0.407 e. The van der Waals surface area contributed by atoms with Gasteiger partial charge < -0.3 is 19.9 Å². The number of amides is 1. The minimum absolute atomic E-state index is 0.307. The molecule has 0 spiro atoms. The van der Waals surface area contributed by atoms with E-state index in [1.807, 2.05) is 26.8 Å². The van der Waals surface area contributed by atoms with E-state index in [1.165, 1.54) is 17.7 Å². The summed E-state index contributed by atoms with van der Waals surface area (Å²) in [6.07, 6.45) is 1.59. The summed E-state index contributed by atoms with van der Waals surface area (Å²) < 4.78 is 25.2. The molecule has 2 aromatic rings. The Morgan fingerprint density at radius 2 is 1.83 bits per heavy atom. The molecule has 0 radical (unpaired) electrons. The van der Waals surface area contributed by atoms with Crippen LogP contribution < -0.4 is 10.1 Å². The van der Waals surface area contributed by atoms with Crippen LogP contribution in [0, 0.1) is 11.7 Å². The molecule has 1 amide bonds. The van der Waals surface area contributed by atoms with Crippen LogP contribution in [0.5, 0.6) is 5.75 Å². The van der Waals surface area contributed by atoms with Gasteiger partial charge in [0.2, 0.25) is 0 Å². The van der Waals surface area contributed by atoms with Gasteiger partial charge in [-0.2, -0.15) is 0 Å². The predicted octanol–water partition coefficient (Wildman–Crippen LogP) is 4.55. The fourth-order valence-electron chi connectivity index (χ4n) is 5.30. The molecule has 0 aromatic heterocycles. The van der Waals surface area contributed by atoms with Crippen molar-refractivity contribution in [2.45, 2.75) is 76.3 Å². The molecule has 0 unspecified atom stereocenters. The number of piperidine rings is 1. The summed E-state index contributed by atoms with van der Waals surface area (Å²) in [5.74, 6) is 0.562. The number of carbonyl (C=O) groups excluding carboxylic acids is 1. The second kappa shape index (κ2) is 11.0. The van der Waals surface area contributed by atoms with E-state index in [0.29, 0.717) is 18.1 Å². The first-order valence-electron chi connectivity index (χ1n) is 12.6. The Morgan fingerprint density at radius 3 is 2.49 bits per heavy atom. The highest BCUT2D eigenvalue weighted by atomic mass is 19.1. The molecule has 2 N–H and O–H groups in total. The zero-order chi connectivity index (χ0) is 25.0. The standard InChI is InChI=1S/C28H37FN2O4/c1-28(2,3)35-27(33)30-23-18-24(34-22-11-7-10-21(29)17-22)26(32)25(23)31-14-12-20(13-15-31)16-19-8-5-4-6-9-19/h4-11,17,20,23-26,32H,12-16,18H2,1-3H3,(H,30,33)/t23-,24-,25+,26+/m1/s1. The van der Waals surface area contributed by atoms with Crippen molar-refractivity contribution in [3.8, 4) is 5.75 Å². The third kappa shape index (κ3) is 6.95. The van der Waals surface area contributed by atoms with E-state index in [0.717, 1.165) is 32.4 Å². The summed E-state index contributed by atoms with van der Waals surface area (Å²) in [4.78, 5) is 14.9. The Labute approximate surface area is 207 Å². The lowest BCUT2D eigenvalue weighted by Gasteiger charge is -2.40. The monoisotopic (exact) mass is 484 g/mol. The highest BCUT2D eigenvalue weighted by Gasteiger charge is 2.48. The lowest BCUT2D eigenvalue weighted by Crippen LogP contribution is -2.56. The Hall–Kier alpha value is -2.64. The van der Waals surface area contributed by atoms with Crippen LogP contribution in [0.15, 0.2) is 54.6 Å². The number of ether oxygens (including phenoxy) is 2. The van der Waals surface area contributed by atoms with Gasteiger partial charge in [-0.3, -0.25) is 4.90 Å². The van der Waals surface area contributed by atoms with Crippen LogP contribution in [0.1, 0.15) is 45.6 Å². The quantitative estimate of drug-likeness (QED) is 0.629. The molecule has 2 aliphatic rings. The van der Waals surface area contributed by atoms with Gasteiger partial charge in [0.25, 0.3) is 0 Å². The Morgan fingerprint density at radius 1 is 1.11 bits per heavy atom. The van der Waals surface area contributed by atoms with Gasteiger partial charge >= 0.3 is 6.09 Å². The first kappa shape index (κ1) is 25.5. The molecular weight excluding hydrogens is 447 g/mol. The fourth-order valence-corrected chi connectivity index (χ4v) is 5.30. The molecule has 4 rings (SSSR count). The van der Waals surface area contributed by atoms with Crippen molar-refractivity contribution in [2.75, 3.05) is 13.1 Å². The van der Waals surface area contributed by atoms with Crippen molar-refractivity contribution < 1.29 is 23.8 Å². The highest BCUT2D eigenvalue weighted by molar-refractivity contribution is 5.68. The van der Waals surface area contributed by atoms with E-state index in [-0.39, 0.29) is 12.1 Å². The van der Waals surface area contributed by atoms with Gasteiger partial charge in [0, 0.05) is 12.5 Å². The zero-order valence-electron chi connectivity index (χ0n) is 20.8. The van der Waals surface area contributed by atoms with E-state index in [9.17, 15) is 14.3 Å². The topological polar surface area (TPSA) is 71.0 Å². The van der Waals surface area contributed by atoms with Crippen molar-refractivity contribution in [1.82, 2.24) is 10.2 Å². The molecule has 1 saturated carbocycles. The van der Waals surface area contributed by atoms with E-state index >= 15 is 0 Å². The average Bonchev–Trinajstić information content (AvgIpc) is 3.08. The maximum atomic E-state index is 13.7. The number of halogens is 1. The van der Waals surface area contributed by atoms with Gasteiger partial charge in [-0.15, -0.1) is 0 Å². The second-order valence-corrected chi connectivity index (χ2v) is 10.8. The molecule has 1 saturated heterocycles. The summed E-state index contributed by atoms with van der Waals surface area (Å²) in [6.45, 7) is 7.12. The van der Waals surface area contributed by atoms with E-state index in [1.54, 1.807) is 12.1 Å². The number of rotatable bonds is 6. The predicted molar refractivity (Wildman–Crippen MR) is 133 cm³/mol. The summed E-state index contributed by atoms with van der Waals surface area (Å²) in [6, 6.07) is 15.8. The number of aliphatic hydroxyl groups is 1. The number of alkyl carbamates (subject to hydrolysis) is 1. The van der Waals surface area contributed by atoms with Gasteiger partial charge in [-0.05, 0) is 76.7 Å². The minimum Gasteiger partial charge on any atom is -0.487 e. The number of benzene rings is 2. The van der Waals surface area contributed by atoms with Gasteiger partial charge in [-0.1, -0.05) is 36.4 Å².